The van der Waals surface area contributed by atoms with E-state index < -0.39 is 11.9 Å². The molecule has 0 aromatic heterocycles. The topological polar surface area (TPSA) is 74.6 Å². The number of carbonyl (C=O) groups is 2. The minimum absolute atomic E-state index is 0.213. The summed E-state index contributed by atoms with van der Waals surface area (Å²) in [6.45, 7) is 2.08. The van der Waals surface area contributed by atoms with Gasteiger partial charge < -0.3 is 10.2 Å². The van der Waals surface area contributed by atoms with Crippen molar-refractivity contribution in [3.63, 3.8) is 0 Å². The van der Waals surface area contributed by atoms with Gasteiger partial charge in [0.2, 0.25) is 0 Å². The van der Waals surface area contributed by atoms with Crippen molar-refractivity contribution in [2.45, 2.75) is 45.4 Å². The van der Waals surface area contributed by atoms with Crippen molar-refractivity contribution in [1.82, 2.24) is 0 Å². The lowest BCUT2D eigenvalue weighted by molar-refractivity contribution is -0.136. The first-order chi connectivity index (χ1) is 7.07. The third kappa shape index (κ3) is 7.73. The van der Waals surface area contributed by atoms with E-state index in [2.05, 4.69) is 6.92 Å². The highest BCUT2D eigenvalue weighted by atomic mass is 16.4. The van der Waals surface area contributed by atoms with Gasteiger partial charge in [0.15, 0.2) is 0 Å². The number of unbranched alkanes of at least 4 members (excludes halogenated alkanes) is 3. The van der Waals surface area contributed by atoms with Crippen molar-refractivity contribution >= 4 is 11.9 Å². The molecule has 0 rings (SSSR count). The van der Waals surface area contributed by atoms with Crippen molar-refractivity contribution in [3.8, 4) is 0 Å². The van der Waals surface area contributed by atoms with Crippen molar-refractivity contribution in [3.05, 3.63) is 11.6 Å². The summed E-state index contributed by atoms with van der Waals surface area (Å²) in [5.41, 5.74) is 0.216. The molecule has 0 saturated heterocycles. The van der Waals surface area contributed by atoms with Gasteiger partial charge in [-0.1, -0.05) is 32.3 Å². The number of rotatable bonds is 8. The lowest BCUT2D eigenvalue weighted by Gasteiger charge is -2.01. The van der Waals surface area contributed by atoms with Gasteiger partial charge in [0.1, 0.15) is 0 Å². The number of hydrogen-bond acceptors (Lipinski definition) is 2. The highest BCUT2D eigenvalue weighted by molar-refractivity contribution is 5.87. The Morgan fingerprint density at radius 2 is 1.80 bits per heavy atom. The van der Waals surface area contributed by atoms with E-state index in [0.29, 0.717) is 6.42 Å². The Morgan fingerprint density at radius 3 is 2.27 bits per heavy atom. The van der Waals surface area contributed by atoms with Crippen LogP contribution in [0.25, 0.3) is 0 Å². The fraction of sp³-hybridized carbons (Fsp3) is 0.636. The van der Waals surface area contributed by atoms with Crippen LogP contribution in [0.2, 0.25) is 0 Å². The highest BCUT2D eigenvalue weighted by Crippen LogP contribution is 2.11. The maximum Gasteiger partial charge on any atom is 0.331 e. The van der Waals surface area contributed by atoms with Crippen LogP contribution in [0.4, 0.5) is 0 Å². The Balaban J connectivity index is 3.99. The molecule has 0 heterocycles. The molecule has 0 aliphatic carbocycles. The molecule has 2 N–H and O–H groups in total. The maximum absolute atomic E-state index is 10.7. The van der Waals surface area contributed by atoms with E-state index in [9.17, 15) is 9.59 Å². The summed E-state index contributed by atoms with van der Waals surface area (Å²) >= 11 is 0. The smallest absolute Gasteiger partial charge is 0.331 e. The van der Waals surface area contributed by atoms with Crippen LogP contribution in [-0.4, -0.2) is 22.2 Å². The van der Waals surface area contributed by atoms with Crippen LogP contribution in [0.15, 0.2) is 11.6 Å². The van der Waals surface area contributed by atoms with Crippen molar-refractivity contribution in [1.29, 1.82) is 0 Å². The zero-order valence-electron chi connectivity index (χ0n) is 9.03. The predicted molar refractivity (Wildman–Crippen MR) is 56.7 cm³/mol. The van der Waals surface area contributed by atoms with Gasteiger partial charge >= 0.3 is 11.9 Å². The van der Waals surface area contributed by atoms with E-state index in [0.717, 1.165) is 25.7 Å². The summed E-state index contributed by atoms with van der Waals surface area (Å²) in [4.78, 5) is 21.0. The fourth-order valence-electron chi connectivity index (χ4n) is 1.25. The maximum atomic E-state index is 10.7. The average molecular weight is 214 g/mol. The van der Waals surface area contributed by atoms with Crippen LogP contribution in [0.1, 0.15) is 45.4 Å². The summed E-state index contributed by atoms with van der Waals surface area (Å²) in [5, 5.41) is 17.2. The SMILES string of the molecule is CCCCCC/C(=C/CC(=O)O)C(=O)O. The zero-order chi connectivity index (χ0) is 11.7. The molecule has 86 valence electrons. The Bertz CT molecular complexity index is 243. The summed E-state index contributed by atoms with van der Waals surface area (Å²) in [6.07, 6.45) is 5.53. The van der Waals surface area contributed by atoms with Gasteiger partial charge in [0.05, 0.1) is 6.42 Å². The minimum atomic E-state index is -1.01. The molecule has 0 atom stereocenters. The zero-order valence-corrected chi connectivity index (χ0v) is 9.03. The lowest BCUT2D eigenvalue weighted by atomic mass is 10.1. The van der Waals surface area contributed by atoms with Gasteiger partial charge in [-0.2, -0.15) is 0 Å². The van der Waals surface area contributed by atoms with Crippen LogP contribution in [0.5, 0.6) is 0 Å². The molecule has 0 saturated carbocycles. The molecule has 0 aromatic rings. The van der Waals surface area contributed by atoms with Crippen molar-refractivity contribution in [2.24, 2.45) is 0 Å². The first-order valence-electron chi connectivity index (χ1n) is 5.22. The normalized spacial score (nSPS) is 11.4. The molecule has 15 heavy (non-hydrogen) atoms. The predicted octanol–water partition coefficient (Wildman–Crippen LogP) is 2.44. The molecule has 0 spiro atoms. The van der Waals surface area contributed by atoms with Crippen LogP contribution in [0.3, 0.4) is 0 Å². The Hall–Kier alpha value is -1.32. The molecule has 0 fully saturated rings. The van der Waals surface area contributed by atoms with E-state index >= 15 is 0 Å². The number of carboxylic acid groups (broad SMARTS) is 2. The first-order valence-corrected chi connectivity index (χ1v) is 5.22. The van der Waals surface area contributed by atoms with Gasteiger partial charge in [-0.15, -0.1) is 0 Å². The van der Waals surface area contributed by atoms with Crippen molar-refractivity contribution < 1.29 is 19.8 Å². The Kier molecular flexibility index (Phi) is 7.32. The first kappa shape index (κ1) is 13.7. The number of carboxylic acids is 2. The molecule has 0 radical (unpaired) electrons. The fourth-order valence-corrected chi connectivity index (χ4v) is 1.25. The van der Waals surface area contributed by atoms with E-state index in [1.807, 2.05) is 0 Å². The number of aliphatic carboxylic acids is 2. The molecule has 0 aliphatic heterocycles. The summed E-state index contributed by atoms with van der Waals surface area (Å²) in [6, 6.07) is 0. The van der Waals surface area contributed by atoms with Gasteiger partial charge in [-0.3, -0.25) is 4.79 Å². The Labute approximate surface area is 89.6 Å². The molecular weight excluding hydrogens is 196 g/mol. The largest absolute Gasteiger partial charge is 0.481 e. The van der Waals surface area contributed by atoms with E-state index in [1.54, 1.807) is 0 Å². The third-order valence-electron chi connectivity index (χ3n) is 2.10. The van der Waals surface area contributed by atoms with Gasteiger partial charge in [0, 0.05) is 5.57 Å². The molecule has 4 heteroatoms. The summed E-state index contributed by atoms with van der Waals surface area (Å²) < 4.78 is 0. The van der Waals surface area contributed by atoms with Crippen LogP contribution >= 0.6 is 0 Å². The highest BCUT2D eigenvalue weighted by Gasteiger charge is 2.07. The summed E-state index contributed by atoms with van der Waals surface area (Å²) in [7, 11) is 0. The average Bonchev–Trinajstić information content (AvgIpc) is 2.15. The van der Waals surface area contributed by atoms with E-state index in [4.69, 9.17) is 10.2 Å². The molecule has 0 unspecified atom stereocenters. The van der Waals surface area contributed by atoms with Crippen LogP contribution in [0, 0.1) is 0 Å². The molecule has 0 amide bonds. The second-order valence-corrected chi connectivity index (χ2v) is 3.44. The second kappa shape index (κ2) is 8.03. The Morgan fingerprint density at radius 1 is 1.13 bits per heavy atom. The molecule has 0 bridgehead atoms. The summed E-state index contributed by atoms with van der Waals surface area (Å²) in [5.74, 6) is -2.00. The number of hydrogen-bond donors (Lipinski definition) is 2. The van der Waals surface area contributed by atoms with E-state index in [1.165, 1.54) is 6.08 Å². The lowest BCUT2D eigenvalue weighted by Crippen LogP contribution is -2.02. The second-order valence-electron chi connectivity index (χ2n) is 3.44. The van der Waals surface area contributed by atoms with Gasteiger partial charge in [0.25, 0.3) is 0 Å². The molecular formula is C11H18O4. The van der Waals surface area contributed by atoms with Crippen molar-refractivity contribution in [2.75, 3.05) is 0 Å². The monoisotopic (exact) mass is 214 g/mol. The van der Waals surface area contributed by atoms with Crippen LogP contribution < -0.4 is 0 Å². The quantitative estimate of drug-likeness (QED) is 0.480. The molecule has 4 nitrogen and oxygen atoms in total. The minimum Gasteiger partial charge on any atom is -0.481 e. The molecule has 0 aliphatic rings. The van der Waals surface area contributed by atoms with Gasteiger partial charge in [-0.05, 0) is 12.8 Å². The standard InChI is InChI=1S/C11H18O4/c1-2-3-4-5-6-9(11(14)15)7-8-10(12)13/h7H,2-6,8H2,1H3,(H,12,13)(H,14,15)/b9-7-. The van der Waals surface area contributed by atoms with E-state index in [-0.39, 0.29) is 12.0 Å². The van der Waals surface area contributed by atoms with Gasteiger partial charge in [-0.25, -0.2) is 4.79 Å². The van der Waals surface area contributed by atoms with Crippen LogP contribution in [-0.2, 0) is 9.59 Å². The third-order valence-corrected chi connectivity index (χ3v) is 2.10. The molecule has 0 aromatic carbocycles.